The molecule has 0 atom stereocenters. The molecule has 14 heavy (non-hydrogen) atoms. The molecule has 0 amide bonds. The molecule has 4 heteroatoms. The molecule has 0 fully saturated rings. The zero-order valence-electron chi connectivity index (χ0n) is 9.67. The zero-order valence-corrected chi connectivity index (χ0v) is 9.67. The van der Waals surface area contributed by atoms with E-state index in [1.54, 1.807) is 0 Å². The minimum atomic E-state index is -0.705. The molecule has 0 rings (SSSR count). The van der Waals surface area contributed by atoms with Gasteiger partial charge in [0.2, 0.25) is 0 Å². The number of hydrogen-bond donors (Lipinski definition) is 3. The van der Waals surface area contributed by atoms with Crippen LogP contribution in [0.4, 0.5) is 0 Å². The van der Waals surface area contributed by atoms with Gasteiger partial charge in [-0.2, -0.15) is 0 Å². The number of rotatable bonds is 5. The Balaban J connectivity index is 4.12. The first-order chi connectivity index (χ1) is 6.43. The maximum atomic E-state index is 9.92. The summed E-state index contributed by atoms with van der Waals surface area (Å²) in [5.41, 5.74) is 4.91. The molecule has 0 aliphatic carbocycles. The Bertz CT molecular complexity index is 186. The van der Waals surface area contributed by atoms with Crippen LogP contribution in [0.3, 0.4) is 0 Å². The van der Waals surface area contributed by atoms with E-state index in [-0.39, 0.29) is 6.04 Å². The summed E-state index contributed by atoms with van der Waals surface area (Å²) in [4.78, 5) is 4.11. The third kappa shape index (κ3) is 5.07. The maximum Gasteiger partial charge on any atom is 0.188 e. The highest BCUT2D eigenvalue weighted by Gasteiger charge is 2.21. The van der Waals surface area contributed by atoms with Crippen molar-refractivity contribution in [3.63, 3.8) is 0 Å². The predicted octanol–water partition coefficient (Wildman–Crippen LogP) is 0.850. The van der Waals surface area contributed by atoms with E-state index in [2.05, 4.69) is 10.3 Å². The van der Waals surface area contributed by atoms with Crippen molar-refractivity contribution >= 4 is 5.96 Å². The summed E-state index contributed by atoms with van der Waals surface area (Å²) >= 11 is 0. The van der Waals surface area contributed by atoms with E-state index in [1.807, 2.05) is 27.7 Å². The van der Waals surface area contributed by atoms with Gasteiger partial charge in [0, 0.05) is 6.04 Å². The smallest absolute Gasteiger partial charge is 0.188 e. The first-order valence-corrected chi connectivity index (χ1v) is 5.22. The minimum absolute atomic E-state index is 0.273. The summed E-state index contributed by atoms with van der Waals surface area (Å²) in [6, 6.07) is 0.273. The fourth-order valence-corrected chi connectivity index (χ4v) is 1.05. The Morgan fingerprint density at radius 2 is 1.93 bits per heavy atom. The lowest BCUT2D eigenvalue weighted by Gasteiger charge is -2.23. The van der Waals surface area contributed by atoms with E-state index in [0.29, 0.717) is 25.3 Å². The van der Waals surface area contributed by atoms with Crippen LogP contribution in [0.25, 0.3) is 0 Å². The number of nitrogens with zero attached hydrogens (tertiary/aromatic N) is 1. The van der Waals surface area contributed by atoms with Gasteiger partial charge in [-0.3, -0.25) is 4.99 Å². The van der Waals surface area contributed by atoms with Gasteiger partial charge in [0.05, 0.1) is 12.1 Å². The molecule has 0 aromatic rings. The van der Waals surface area contributed by atoms with Crippen molar-refractivity contribution in [3.05, 3.63) is 0 Å². The molecule has 0 spiro atoms. The second kappa shape index (κ2) is 5.86. The second-order valence-electron chi connectivity index (χ2n) is 3.93. The van der Waals surface area contributed by atoms with Gasteiger partial charge in [-0.05, 0) is 26.7 Å². The molecule has 0 bridgehead atoms. The van der Waals surface area contributed by atoms with Crippen LogP contribution in [0.1, 0.15) is 40.5 Å². The normalized spacial score (nSPS) is 13.4. The Morgan fingerprint density at radius 3 is 2.29 bits per heavy atom. The van der Waals surface area contributed by atoms with Crippen LogP contribution in [0, 0.1) is 0 Å². The lowest BCUT2D eigenvalue weighted by atomic mass is 9.98. The minimum Gasteiger partial charge on any atom is -0.388 e. The average Bonchev–Trinajstić information content (AvgIpc) is 2.13. The van der Waals surface area contributed by atoms with Gasteiger partial charge in [0.15, 0.2) is 5.96 Å². The van der Waals surface area contributed by atoms with E-state index in [9.17, 15) is 5.11 Å². The van der Waals surface area contributed by atoms with E-state index in [4.69, 9.17) is 5.73 Å². The number of nitrogens with two attached hydrogens (primary N) is 1. The van der Waals surface area contributed by atoms with E-state index >= 15 is 0 Å². The SMILES string of the molecule is CCC(O)(CC)CN=C(N)NC(C)C. The van der Waals surface area contributed by atoms with Crippen LogP contribution in [0.15, 0.2) is 4.99 Å². The topological polar surface area (TPSA) is 70.6 Å². The third-order valence-electron chi connectivity index (χ3n) is 2.30. The lowest BCUT2D eigenvalue weighted by molar-refractivity contribution is 0.0418. The zero-order chi connectivity index (χ0) is 11.2. The summed E-state index contributed by atoms with van der Waals surface area (Å²) in [6.07, 6.45) is 1.39. The molecule has 4 N–H and O–H groups in total. The highest BCUT2D eigenvalue weighted by atomic mass is 16.3. The van der Waals surface area contributed by atoms with Crippen molar-refractivity contribution in [1.82, 2.24) is 5.32 Å². The fraction of sp³-hybridized carbons (Fsp3) is 0.900. The highest BCUT2D eigenvalue weighted by molar-refractivity contribution is 5.78. The molecule has 84 valence electrons. The van der Waals surface area contributed by atoms with Crippen LogP contribution in [-0.2, 0) is 0 Å². The van der Waals surface area contributed by atoms with Crippen molar-refractivity contribution in [2.75, 3.05) is 6.54 Å². The van der Waals surface area contributed by atoms with Crippen molar-refractivity contribution in [2.45, 2.75) is 52.2 Å². The molecule has 0 heterocycles. The quantitative estimate of drug-likeness (QED) is 0.456. The van der Waals surface area contributed by atoms with Crippen molar-refractivity contribution in [1.29, 1.82) is 0 Å². The Kier molecular flexibility index (Phi) is 5.53. The molecule has 0 aliphatic rings. The predicted molar refractivity (Wildman–Crippen MR) is 60.3 cm³/mol. The van der Waals surface area contributed by atoms with E-state index in [1.165, 1.54) is 0 Å². The number of nitrogens with one attached hydrogen (secondary N) is 1. The number of guanidine groups is 1. The van der Waals surface area contributed by atoms with Crippen LogP contribution in [0.2, 0.25) is 0 Å². The summed E-state index contributed by atoms with van der Waals surface area (Å²) in [7, 11) is 0. The van der Waals surface area contributed by atoms with Gasteiger partial charge in [-0.1, -0.05) is 13.8 Å². The largest absolute Gasteiger partial charge is 0.388 e. The van der Waals surface area contributed by atoms with E-state index in [0.717, 1.165) is 0 Å². The monoisotopic (exact) mass is 201 g/mol. The molecule has 0 aromatic carbocycles. The van der Waals surface area contributed by atoms with Crippen molar-refractivity contribution < 1.29 is 5.11 Å². The number of aliphatic hydroxyl groups is 1. The molecular formula is C10H23N3O. The Hall–Kier alpha value is -0.770. The molecule has 0 saturated carbocycles. The second-order valence-corrected chi connectivity index (χ2v) is 3.93. The lowest BCUT2D eigenvalue weighted by Crippen LogP contribution is -2.39. The Labute approximate surface area is 86.6 Å². The first kappa shape index (κ1) is 13.2. The molecule has 0 saturated heterocycles. The fourth-order valence-electron chi connectivity index (χ4n) is 1.05. The molecule has 0 aromatic heterocycles. The van der Waals surface area contributed by atoms with Crippen LogP contribution < -0.4 is 11.1 Å². The summed E-state index contributed by atoms with van der Waals surface area (Å²) in [5.74, 6) is 0.403. The van der Waals surface area contributed by atoms with Crippen molar-refractivity contribution in [3.8, 4) is 0 Å². The van der Waals surface area contributed by atoms with Gasteiger partial charge in [-0.25, -0.2) is 0 Å². The van der Waals surface area contributed by atoms with Crippen LogP contribution in [-0.4, -0.2) is 29.3 Å². The molecule has 0 radical (unpaired) electrons. The molecule has 0 aliphatic heterocycles. The number of aliphatic imine (C=N–C) groups is 1. The molecular weight excluding hydrogens is 178 g/mol. The summed E-state index contributed by atoms with van der Waals surface area (Å²) in [6.45, 7) is 8.25. The average molecular weight is 201 g/mol. The standard InChI is InChI=1S/C10H23N3O/c1-5-10(14,6-2)7-12-9(11)13-8(3)4/h8,14H,5-7H2,1-4H3,(H3,11,12,13). The van der Waals surface area contributed by atoms with Gasteiger partial charge < -0.3 is 16.2 Å². The van der Waals surface area contributed by atoms with Crippen molar-refractivity contribution in [2.24, 2.45) is 10.7 Å². The Morgan fingerprint density at radius 1 is 1.43 bits per heavy atom. The number of hydrogen-bond acceptors (Lipinski definition) is 2. The van der Waals surface area contributed by atoms with Gasteiger partial charge in [0.25, 0.3) is 0 Å². The molecule has 0 unspecified atom stereocenters. The summed E-state index contributed by atoms with van der Waals surface area (Å²) in [5, 5.41) is 12.9. The van der Waals surface area contributed by atoms with Crippen LogP contribution >= 0.6 is 0 Å². The maximum absolute atomic E-state index is 9.92. The van der Waals surface area contributed by atoms with Gasteiger partial charge in [-0.15, -0.1) is 0 Å². The van der Waals surface area contributed by atoms with Crippen LogP contribution in [0.5, 0.6) is 0 Å². The van der Waals surface area contributed by atoms with Gasteiger partial charge in [0.1, 0.15) is 0 Å². The van der Waals surface area contributed by atoms with E-state index < -0.39 is 5.60 Å². The van der Waals surface area contributed by atoms with Gasteiger partial charge >= 0.3 is 0 Å². The highest BCUT2D eigenvalue weighted by Crippen LogP contribution is 2.14. The summed E-state index contributed by atoms with van der Waals surface area (Å²) < 4.78 is 0. The third-order valence-corrected chi connectivity index (χ3v) is 2.30. The first-order valence-electron chi connectivity index (χ1n) is 5.22. The molecule has 4 nitrogen and oxygen atoms in total.